The van der Waals surface area contributed by atoms with E-state index in [1.165, 1.54) is 11.3 Å². The van der Waals surface area contributed by atoms with Crippen LogP contribution in [0.1, 0.15) is 43.2 Å². The summed E-state index contributed by atoms with van der Waals surface area (Å²) in [5.74, 6) is -0.196. The average molecular weight is 439 g/mol. The van der Waals surface area contributed by atoms with E-state index in [1.807, 2.05) is 52.0 Å². The van der Waals surface area contributed by atoms with Crippen molar-refractivity contribution >= 4 is 44.9 Å². The van der Waals surface area contributed by atoms with Crippen LogP contribution >= 0.6 is 27.3 Å². The Hall–Kier alpha value is -1.93. The van der Waals surface area contributed by atoms with Crippen LogP contribution in [0.4, 0.5) is 10.5 Å². The smallest absolute Gasteiger partial charge is 0.322 e. The summed E-state index contributed by atoms with van der Waals surface area (Å²) >= 11 is 4.75. The maximum absolute atomic E-state index is 12.6. The maximum atomic E-state index is 12.6. The van der Waals surface area contributed by atoms with Gasteiger partial charge in [-0.2, -0.15) is 0 Å². The minimum Gasteiger partial charge on any atom is -0.349 e. The van der Waals surface area contributed by atoms with Crippen molar-refractivity contribution in [3.63, 3.8) is 0 Å². The predicted molar refractivity (Wildman–Crippen MR) is 109 cm³/mol. The van der Waals surface area contributed by atoms with Gasteiger partial charge in [0.15, 0.2) is 0 Å². The molecule has 8 heteroatoms. The Kier molecular flexibility index (Phi) is 7.16. The molecular weight excluding hydrogens is 416 g/mol. The molecule has 6 nitrogen and oxygen atoms in total. The van der Waals surface area contributed by atoms with Crippen LogP contribution in [0.2, 0.25) is 0 Å². The van der Waals surface area contributed by atoms with Gasteiger partial charge in [-0.15, -0.1) is 11.3 Å². The standard InChI is InChI=1S/C18H23BrN4O2S/c1-11(2)20-17(24)15-10-26-16(22-15)9-23(12(3)4)18(25)21-14-7-5-13(19)6-8-14/h5-8,10-12H,9H2,1-4H3,(H,20,24)(H,21,25). The Labute approximate surface area is 166 Å². The van der Waals surface area contributed by atoms with Crippen molar-refractivity contribution in [2.45, 2.75) is 46.3 Å². The molecule has 0 saturated carbocycles. The number of halogens is 1. The first kappa shape index (κ1) is 20.4. The van der Waals surface area contributed by atoms with Crippen molar-refractivity contribution in [2.24, 2.45) is 0 Å². The third-order valence-corrected chi connectivity index (χ3v) is 4.85. The monoisotopic (exact) mass is 438 g/mol. The van der Waals surface area contributed by atoms with E-state index in [0.717, 1.165) is 15.2 Å². The zero-order chi connectivity index (χ0) is 19.3. The lowest BCUT2D eigenvalue weighted by Crippen LogP contribution is -2.39. The molecule has 1 heterocycles. The Morgan fingerprint density at radius 2 is 1.85 bits per heavy atom. The predicted octanol–water partition coefficient (Wildman–Crippen LogP) is 4.49. The molecule has 0 radical (unpaired) electrons. The van der Waals surface area contributed by atoms with E-state index in [9.17, 15) is 9.59 Å². The van der Waals surface area contributed by atoms with Gasteiger partial charge in [-0.25, -0.2) is 9.78 Å². The Balaban J connectivity index is 2.06. The molecule has 0 bridgehead atoms. The highest BCUT2D eigenvalue weighted by Crippen LogP contribution is 2.18. The lowest BCUT2D eigenvalue weighted by atomic mass is 10.3. The van der Waals surface area contributed by atoms with Crippen molar-refractivity contribution in [1.82, 2.24) is 15.2 Å². The summed E-state index contributed by atoms with van der Waals surface area (Å²) in [6, 6.07) is 7.24. The fourth-order valence-corrected chi connectivity index (χ4v) is 3.22. The molecule has 3 amide bonds. The van der Waals surface area contributed by atoms with Crippen LogP contribution < -0.4 is 10.6 Å². The molecule has 0 atom stereocenters. The zero-order valence-electron chi connectivity index (χ0n) is 15.2. The number of carbonyl (C=O) groups excluding carboxylic acids is 2. The number of rotatable bonds is 6. The summed E-state index contributed by atoms with van der Waals surface area (Å²) in [7, 11) is 0. The highest BCUT2D eigenvalue weighted by molar-refractivity contribution is 9.10. The van der Waals surface area contributed by atoms with Crippen LogP contribution in [0.3, 0.4) is 0 Å². The van der Waals surface area contributed by atoms with E-state index in [2.05, 4.69) is 31.5 Å². The summed E-state index contributed by atoms with van der Waals surface area (Å²) < 4.78 is 0.950. The second-order valence-electron chi connectivity index (χ2n) is 6.41. The molecule has 0 fully saturated rings. The van der Waals surface area contributed by atoms with E-state index in [4.69, 9.17) is 0 Å². The molecule has 1 aromatic carbocycles. The molecule has 0 unspecified atom stereocenters. The fraction of sp³-hybridized carbons (Fsp3) is 0.389. The van der Waals surface area contributed by atoms with Crippen LogP contribution in [-0.4, -0.2) is 33.9 Å². The highest BCUT2D eigenvalue weighted by Gasteiger charge is 2.20. The van der Waals surface area contributed by atoms with Crippen LogP contribution in [0, 0.1) is 0 Å². The minimum absolute atomic E-state index is 0.0118. The van der Waals surface area contributed by atoms with Gasteiger partial charge in [0.25, 0.3) is 5.91 Å². The number of hydrogen-bond donors (Lipinski definition) is 2. The van der Waals surface area contributed by atoms with Crippen LogP contribution in [-0.2, 0) is 6.54 Å². The molecule has 0 aliphatic heterocycles. The van der Waals surface area contributed by atoms with Gasteiger partial charge in [-0.1, -0.05) is 15.9 Å². The number of anilines is 1. The van der Waals surface area contributed by atoms with Gasteiger partial charge in [-0.05, 0) is 52.0 Å². The molecule has 140 valence electrons. The minimum atomic E-state index is -0.203. The Morgan fingerprint density at radius 1 is 1.19 bits per heavy atom. The Morgan fingerprint density at radius 3 is 2.42 bits per heavy atom. The lowest BCUT2D eigenvalue weighted by Gasteiger charge is -2.26. The van der Waals surface area contributed by atoms with Crippen molar-refractivity contribution in [2.75, 3.05) is 5.32 Å². The second-order valence-corrected chi connectivity index (χ2v) is 8.27. The molecule has 0 saturated heterocycles. The molecule has 2 rings (SSSR count). The molecule has 0 spiro atoms. The number of aromatic nitrogens is 1. The van der Waals surface area contributed by atoms with Gasteiger partial charge in [0.1, 0.15) is 10.7 Å². The van der Waals surface area contributed by atoms with E-state index >= 15 is 0 Å². The number of urea groups is 1. The van der Waals surface area contributed by atoms with Gasteiger partial charge in [0, 0.05) is 27.6 Å². The zero-order valence-corrected chi connectivity index (χ0v) is 17.6. The van der Waals surface area contributed by atoms with Crippen molar-refractivity contribution < 1.29 is 9.59 Å². The van der Waals surface area contributed by atoms with Crippen LogP contribution in [0.5, 0.6) is 0 Å². The third-order valence-electron chi connectivity index (χ3n) is 3.49. The number of amides is 3. The summed E-state index contributed by atoms with van der Waals surface area (Å²) in [6.45, 7) is 8.04. The molecule has 2 aromatic rings. The van der Waals surface area contributed by atoms with Gasteiger partial charge in [0.2, 0.25) is 0 Å². The topological polar surface area (TPSA) is 74.3 Å². The van der Waals surface area contributed by atoms with Gasteiger partial charge in [0.05, 0.1) is 6.54 Å². The van der Waals surface area contributed by atoms with E-state index in [0.29, 0.717) is 12.2 Å². The van der Waals surface area contributed by atoms with Crippen molar-refractivity contribution in [1.29, 1.82) is 0 Å². The summed E-state index contributed by atoms with van der Waals surface area (Å²) in [6.07, 6.45) is 0. The van der Waals surface area contributed by atoms with E-state index < -0.39 is 0 Å². The number of nitrogens with zero attached hydrogens (tertiary/aromatic N) is 2. The first-order valence-electron chi connectivity index (χ1n) is 8.34. The number of nitrogens with one attached hydrogen (secondary N) is 2. The number of thiazole rings is 1. The number of carbonyl (C=O) groups is 2. The van der Waals surface area contributed by atoms with Gasteiger partial charge in [-0.3, -0.25) is 4.79 Å². The Bertz CT molecular complexity index is 759. The number of benzene rings is 1. The maximum Gasteiger partial charge on any atom is 0.322 e. The molecule has 0 aliphatic carbocycles. The van der Waals surface area contributed by atoms with Crippen LogP contribution in [0.15, 0.2) is 34.1 Å². The van der Waals surface area contributed by atoms with Gasteiger partial charge >= 0.3 is 6.03 Å². The average Bonchev–Trinajstić information content (AvgIpc) is 3.02. The normalized spacial score (nSPS) is 10.9. The van der Waals surface area contributed by atoms with E-state index in [1.54, 1.807) is 10.3 Å². The fourth-order valence-electron chi connectivity index (χ4n) is 2.19. The summed E-state index contributed by atoms with van der Waals surface area (Å²) in [5.41, 5.74) is 1.11. The van der Waals surface area contributed by atoms with Crippen molar-refractivity contribution in [3.05, 3.63) is 44.8 Å². The first-order valence-corrected chi connectivity index (χ1v) is 10.0. The second kappa shape index (κ2) is 9.14. The summed E-state index contributed by atoms with van der Waals surface area (Å²) in [4.78, 5) is 30.7. The molecule has 0 aliphatic rings. The molecular formula is C18H23BrN4O2S. The first-order chi connectivity index (χ1) is 12.3. The lowest BCUT2D eigenvalue weighted by molar-refractivity contribution is 0.0938. The van der Waals surface area contributed by atoms with Crippen molar-refractivity contribution in [3.8, 4) is 0 Å². The highest BCUT2D eigenvalue weighted by atomic mass is 79.9. The van der Waals surface area contributed by atoms with E-state index in [-0.39, 0.29) is 24.0 Å². The largest absolute Gasteiger partial charge is 0.349 e. The SMILES string of the molecule is CC(C)NC(=O)c1csc(CN(C(=O)Nc2ccc(Br)cc2)C(C)C)n1. The molecule has 26 heavy (non-hydrogen) atoms. The van der Waals surface area contributed by atoms with Gasteiger partial charge < -0.3 is 15.5 Å². The molecule has 1 aromatic heterocycles. The molecule has 2 N–H and O–H groups in total. The summed E-state index contributed by atoms with van der Waals surface area (Å²) in [5, 5.41) is 8.15. The number of hydrogen-bond acceptors (Lipinski definition) is 4. The van der Waals surface area contributed by atoms with Crippen LogP contribution in [0.25, 0.3) is 0 Å². The quantitative estimate of drug-likeness (QED) is 0.697. The third kappa shape index (κ3) is 5.81.